The quantitative estimate of drug-likeness (QED) is 0.142. The van der Waals surface area contributed by atoms with Crippen molar-refractivity contribution in [2.45, 2.75) is 0 Å². The molecule has 0 saturated heterocycles. The largest absolute Gasteiger partial charge is 0.456 e. The first-order valence-corrected chi connectivity index (χ1v) is 16.6. The van der Waals surface area contributed by atoms with Crippen LogP contribution in [0.2, 0.25) is 0 Å². The molecular formula is C47H27NO. The average Bonchev–Trinajstić information content (AvgIpc) is 3.54. The third-order valence-corrected chi connectivity index (χ3v) is 10.1. The highest BCUT2D eigenvalue weighted by atomic mass is 16.3. The Hall–Kier alpha value is -6.69. The second-order valence-corrected chi connectivity index (χ2v) is 12.6. The summed E-state index contributed by atoms with van der Waals surface area (Å²) >= 11 is 0. The van der Waals surface area contributed by atoms with E-state index in [9.17, 15) is 0 Å². The topological polar surface area (TPSA) is 17.5 Å². The molecule has 49 heavy (non-hydrogen) atoms. The number of benzene rings is 9. The van der Waals surface area contributed by atoms with Crippen molar-refractivity contribution in [3.05, 3.63) is 175 Å². The predicted molar refractivity (Wildman–Crippen MR) is 206 cm³/mol. The van der Waals surface area contributed by atoms with Crippen molar-refractivity contribution in [3.63, 3.8) is 0 Å². The van der Waals surface area contributed by atoms with Gasteiger partial charge in [-0.3, -0.25) is 0 Å². The number of nitrogens with zero attached hydrogens (tertiary/aromatic N) is 1. The lowest BCUT2D eigenvalue weighted by Gasteiger charge is -2.18. The Morgan fingerprint density at radius 3 is 1.43 bits per heavy atom. The van der Waals surface area contributed by atoms with Crippen LogP contribution in [-0.2, 0) is 0 Å². The zero-order chi connectivity index (χ0) is 32.5. The van der Waals surface area contributed by atoms with Crippen molar-refractivity contribution < 1.29 is 4.42 Å². The molecule has 2 nitrogen and oxygen atoms in total. The van der Waals surface area contributed by atoms with Crippen LogP contribution in [0.5, 0.6) is 0 Å². The highest BCUT2D eigenvalue weighted by molar-refractivity contribution is 6.26. The van der Waals surface area contributed by atoms with Crippen molar-refractivity contribution in [3.8, 4) is 33.4 Å². The second kappa shape index (κ2) is 10.7. The van der Waals surface area contributed by atoms with E-state index in [-0.39, 0.29) is 0 Å². The molecule has 9 aromatic carbocycles. The van der Waals surface area contributed by atoms with Crippen LogP contribution in [-0.4, -0.2) is 0 Å². The Bertz CT molecular complexity index is 2880. The molecule has 0 unspecified atom stereocenters. The second-order valence-electron chi connectivity index (χ2n) is 12.6. The Morgan fingerprint density at radius 1 is 0.367 bits per heavy atom. The summed E-state index contributed by atoms with van der Waals surface area (Å²) in [6, 6.07) is 57.8. The van der Waals surface area contributed by atoms with Crippen LogP contribution in [0.1, 0.15) is 0 Å². The maximum absolute atomic E-state index is 8.01. The van der Waals surface area contributed by atoms with Gasteiger partial charge in [-0.05, 0) is 94.7 Å². The lowest BCUT2D eigenvalue weighted by molar-refractivity contribution is 0.669. The van der Waals surface area contributed by atoms with Crippen LogP contribution in [0.15, 0.2) is 168 Å². The van der Waals surface area contributed by atoms with E-state index in [1.54, 1.807) is 0 Å². The fourth-order valence-electron chi connectivity index (χ4n) is 8.06. The number of furan rings is 1. The molecule has 1 aromatic heterocycles. The van der Waals surface area contributed by atoms with E-state index >= 15 is 0 Å². The van der Waals surface area contributed by atoms with E-state index in [1.807, 2.05) is 12.1 Å². The van der Waals surface area contributed by atoms with Gasteiger partial charge in [0.1, 0.15) is 11.2 Å². The normalized spacial score (nSPS) is 11.7. The van der Waals surface area contributed by atoms with Gasteiger partial charge in [-0.25, -0.2) is 4.85 Å². The average molecular weight is 622 g/mol. The summed E-state index contributed by atoms with van der Waals surface area (Å²) in [5.41, 5.74) is 9.44. The van der Waals surface area contributed by atoms with Crippen molar-refractivity contribution in [2.75, 3.05) is 0 Å². The number of fused-ring (bicyclic) bond motifs is 7. The Labute approximate surface area is 282 Å². The molecule has 10 aromatic rings. The number of hydrogen-bond donors (Lipinski definition) is 0. The molecule has 0 spiro atoms. The van der Waals surface area contributed by atoms with E-state index in [4.69, 9.17) is 11.0 Å². The van der Waals surface area contributed by atoms with Crippen molar-refractivity contribution in [1.29, 1.82) is 0 Å². The molecule has 226 valence electrons. The Kier molecular flexibility index (Phi) is 5.97. The first kappa shape index (κ1) is 27.4. The summed E-state index contributed by atoms with van der Waals surface area (Å²) in [6.45, 7) is 8.01. The van der Waals surface area contributed by atoms with Crippen LogP contribution in [0.4, 0.5) is 5.69 Å². The molecule has 10 rings (SSSR count). The Morgan fingerprint density at radius 2 is 0.857 bits per heavy atom. The molecule has 0 aliphatic carbocycles. The predicted octanol–water partition coefficient (Wildman–Crippen LogP) is 13.8. The highest BCUT2D eigenvalue weighted by Gasteiger charge is 2.21. The molecule has 0 atom stereocenters. The minimum atomic E-state index is 0.696. The van der Waals surface area contributed by atoms with Crippen LogP contribution in [0.25, 0.3) is 103 Å². The molecule has 0 fully saturated rings. The van der Waals surface area contributed by atoms with E-state index in [0.717, 1.165) is 60.2 Å². The van der Waals surface area contributed by atoms with E-state index in [1.165, 1.54) is 38.2 Å². The van der Waals surface area contributed by atoms with Gasteiger partial charge in [0.15, 0.2) is 0 Å². The monoisotopic (exact) mass is 621 g/mol. The third-order valence-electron chi connectivity index (χ3n) is 10.1. The fraction of sp³-hybridized carbons (Fsp3) is 0. The number of hydrogen-bond acceptors (Lipinski definition) is 1. The summed E-state index contributed by atoms with van der Waals surface area (Å²) in [7, 11) is 0. The molecule has 0 radical (unpaired) electrons. The molecule has 0 bridgehead atoms. The first-order valence-electron chi connectivity index (χ1n) is 16.6. The molecule has 0 saturated carbocycles. The van der Waals surface area contributed by atoms with Gasteiger partial charge in [-0.1, -0.05) is 146 Å². The van der Waals surface area contributed by atoms with E-state index in [0.29, 0.717) is 5.69 Å². The van der Waals surface area contributed by atoms with Gasteiger partial charge >= 0.3 is 0 Å². The van der Waals surface area contributed by atoms with Crippen molar-refractivity contribution >= 4 is 70.7 Å². The lowest BCUT2D eigenvalue weighted by atomic mass is 9.85. The van der Waals surface area contributed by atoms with Gasteiger partial charge < -0.3 is 4.42 Å². The smallest absolute Gasteiger partial charge is 0.202 e. The molecule has 1 heterocycles. The fourth-order valence-corrected chi connectivity index (χ4v) is 8.06. The van der Waals surface area contributed by atoms with Gasteiger partial charge in [-0.2, -0.15) is 0 Å². The standard InChI is InChI=1S/C47H27NO/c1-48-47-37-22-11-9-20-35(37)44(36-21-10-12-23-38(36)47)30-26-27-39-42(28-30)49-41-25-13-24-40(46(39)41)45-33-18-7-5-16-31(33)43(29-14-3-2-4-15-29)32-17-6-8-19-34(32)45/h2-28H. The zero-order valence-corrected chi connectivity index (χ0v) is 26.4. The van der Waals surface area contributed by atoms with Crippen molar-refractivity contribution in [1.82, 2.24) is 0 Å². The third kappa shape index (κ3) is 4.00. The van der Waals surface area contributed by atoms with Gasteiger partial charge in [-0.15, -0.1) is 0 Å². The molecule has 2 heteroatoms. The SMILES string of the molecule is [C-]#[N+]c1c2ccccc2c(-c2ccc3c(c2)oc2cccc(-c4c5ccccc5c(-c5ccccc5)c5ccccc45)c23)c2ccccc12. The summed E-state index contributed by atoms with van der Waals surface area (Å²) in [5, 5.41) is 11.2. The van der Waals surface area contributed by atoms with E-state index in [2.05, 4.69) is 157 Å². The highest BCUT2D eigenvalue weighted by Crippen LogP contribution is 2.48. The maximum atomic E-state index is 8.01. The Balaban J connectivity index is 1.27. The minimum absolute atomic E-state index is 0.696. The van der Waals surface area contributed by atoms with Crippen LogP contribution < -0.4 is 0 Å². The minimum Gasteiger partial charge on any atom is -0.456 e. The molecule has 0 N–H and O–H groups in total. The van der Waals surface area contributed by atoms with E-state index < -0.39 is 0 Å². The molecule has 0 aliphatic rings. The molecule has 0 amide bonds. The molecular weight excluding hydrogens is 595 g/mol. The number of rotatable bonds is 3. The lowest BCUT2D eigenvalue weighted by Crippen LogP contribution is -1.91. The van der Waals surface area contributed by atoms with Gasteiger partial charge in [0.05, 0.1) is 6.57 Å². The summed E-state index contributed by atoms with van der Waals surface area (Å²) in [5.74, 6) is 0. The maximum Gasteiger partial charge on any atom is 0.202 e. The summed E-state index contributed by atoms with van der Waals surface area (Å²) in [4.78, 5) is 3.98. The van der Waals surface area contributed by atoms with Gasteiger partial charge in [0.2, 0.25) is 5.69 Å². The van der Waals surface area contributed by atoms with Crippen LogP contribution in [0.3, 0.4) is 0 Å². The van der Waals surface area contributed by atoms with Crippen LogP contribution >= 0.6 is 0 Å². The summed E-state index contributed by atoms with van der Waals surface area (Å²) in [6.07, 6.45) is 0. The van der Waals surface area contributed by atoms with Crippen molar-refractivity contribution in [2.24, 2.45) is 0 Å². The zero-order valence-electron chi connectivity index (χ0n) is 26.4. The first-order chi connectivity index (χ1) is 24.3. The summed E-state index contributed by atoms with van der Waals surface area (Å²) < 4.78 is 6.71. The van der Waals surface area contributed by atoms with Gasteiger partial charge in [0, 0.05) is 10.8 Å². The molecule has 0 aliphatic heterocycles. The van der Waals surface area contributed by atoms with Gasteiger partial charge in [0.25, 0.3) is 0 Å². The van der Waals surface area contributed by atoms with Crippen LogP contribution in [0, 0.1) is 6.57 Å².